The summed E-state index contributed by atoms with van der Waals surface area (Å²) in [7, 11) is 0. The second-order valence-corrected chi connectivity index (χ2v) is 6.18. The fourth-order valence-electron chi connectivity index (χ4n) is 2.44. The molecule has 2 N–H and O–H groups in total. The molecular formula is C16H24F2N2. The molecule has 0 saturated heterocycles. The van der Waals surface area contributed by atoms with Crippen molar-refractivity contribution in [1.82, 2.24) is 4.90 Å². The first-order chi connectivity index (χ1) is 9.47. The normalized spacial score (nSPS) is 16.9. The van der Waals surface area contributed by atoms with Gasteiger partial charge in [0.25, 0.3) is 0 Å². The van der Waals surface area contributed by atoms with Crippen LogP contribution in [-0.2, 0) is 0 Å². The minimum atomic E-state index is -0.474. The Kier molecular flexibility index (Phi) is 5.11. The summed E-state index contributed by atoms with van der Waals surface area (Å²) >= 11 is 0. The summed E-state index contributed by atoms with van der Waals surface area (Å²) in [6, 6.07) is 3.60. The predicted molar refractivity (Wildman–Crippen MR) is 77.3 cm³/mol. The fourth-order valence-corrected chi connectivity index (χ4v) is 2.44. The third-order valence-corrected chi connectivity index (χ3v) is 3.85. The zero-order chi connectivity index (χ0) is 14.7. The van der Waals surface area contributed by atoms with Crippen LogP contribution in [0.25, 0.3) is 0 Å². The molecule has 1 unspecified atom stereocenters. The lowest BCUT2D eigenvalue weighted by Gasteiger charge is -2.26. The second-order valence-electron chi connectivity index (χ2n) is 6.18. The molecule has 2 rings (SSSR count). The number of rotatable bonds is 7. The van der Waals surface area contributed by atoms with Crippen molar-refractivity contribution in [2.24, 2.45) is 11.7 Å². The molecule has 1 aromatic carbocycles. The Morgan fingerprint density at radius 2 is 2.00 bits per heavy atom. The standard InChI is InChI=1S/C16H24F2N2/c1-11(2)7-8-20(13-4-5-13)10-16(19)14-9-12(17)3-6-15(14)18/h3,6,9,11,13,16H,4-5,7-8,10,19H2,1-2H3. The maximum atomic E-state index is 13.7. The molecule has 0 spiro atoms. The highest BCUT2D eigenvalue weighted by Gasteiger charge is 2.30. The fraction of sp³-hybridized carbons (Fsp3) is 0.625. The molecule has 0 heterocycles. The summed E-state index contributed by atoms with van der Waals surface area (Å²) in [5.74, 6) is -0.214. The Morgan fingerprint density at radius 3 is 2.60 bits per heavy atom. The number of nitrogens with two attached hydrogens (primary N) is 1. The van der Waals surface area contributed by atoms with Gasteiger partial charge in [-0.25, -0.2) is 8.78 Å². The summed E-state index contributed by atoms with van der Waals surface area (Å²) in [5.41, 5.74) is 6.37. The summed E-state index contributed by atoms with van der Waals surface area (Å²) < 4.78 is 27.0. The van der Waals surface area contributed by atoms with E-state index in [-0.39, 0.29) is 5.56 Å². The monoisotopic (exact) mass is 282 g/mol. The number of hydrogen-bond donors (Lipinski definition) is 1. The van der Waals surface area contributed by atoms with E-state index in [1.165, 1.54) is 18.9 Å². The highest BCUT2D eigenvalue weighted by atomic mass is 19.1. The third-order valence-electron chi connectivity index (χ3n) is 3.85. The summed E-state index contributed by atoms with van der Waals surface area (Å²) in [6.07, 6.45) is 3.49. The van der Waals surface area contributed by atoms with Crippen LogP contribution in [0.1, 0.15) is 44.7 Å². The lowest BCUT2D eigenvalue weighted by molar-refractivity contribution is 0.232. The van der Waals surface area contributed by atoms with Crippen LogP contribution >= 0.6 is 0 Å². The molecule has 2 nitrogen and oxygen atoms in total. The molecule has 1 fully saturated rings. The highest BCUT2D eigenvalue weighted by molar-refractivity contribution is 5.22. The van der Waals surface area contributed by atoms with E-state index in [4.69, 9.17) is 5.73 Å². The van der Waals surface area contributed by atoms with Crippen LogP contribution in [0.2, 0.25) is 0 Å². The van der Waals surface area contributed by atoms with Gasteiger partial charge in [0.15, 0.2) is 0 Å². The first kappa shape index (κ1) is 15.4. The lowest BCUT2D eigenvalue weighted by Crippen LogP contribution is -2.35. The molecule has 112 valence electrons. The zero-order valence-corrected chi connectivity index (χ0v) is 12.3. The van der Waals surface area contributed by atoms with Crippen LogP contribution in [0.3, 0.4) is 0 Å². The van der Waals surface area contributed by atoms with E-state index in [0.29, 0.717) is 18.5 Å². The Balaban J connectivity index is 2.00. The van der Waals surface area contributed by atoms with Gasteiger partial charge in [0.2, 0.25) is 0 Å². The molecule has 0 amide bonds. The van der Waals surface area contributed by atoms with E-state index in [9.17, 15) is 8.78 Å². The van der Waals surface area contributed by atoms with E-state index < -0.39 is 17.7 Å². The molecule has 4 heteroatoms. The van der Waals surface area contributed by atoms with Crippen LogP contribution in [-0.4, -0.2) is 24.0 Å². The van der Waals surface area contributed by atoms with E-state index in [2.05, 4.69) is 18.7 Å². The zero-order valence-electron chi connectivity index (χ0n) is 12.3. The number of hydrogen-bond acceptors (Lipinski definition) is 2. The summed E-state index contributed by atoms with van der Waals surface area (Å²) in [4.78, 5) is 2.33. The molecular weight excluding hydrogens is 258 g/mol. The Morgan fingerprint density at radius 1 is 1.30 bits per heavy atom. The molecule has 0 aromatic heterocycles. The first-order valence-corrected chi connectivity index (χ1v) is 7.42. The Hall–Kier alpha value is -1.00. The third kappa shape index (κ3) is 4.25. The van der Waals surface area contributed by atoms with Crippen molar-refractivity contribution >= 4 is 0 Å². The SMILES string of the molecule is CC(C)CCN(CC(N)c1cc(F)ccc1F)C1CC1. The van der Waals surface area contributed by atoms with Gasteiger partial charge in [0.05, 0.1) is 0 Å². The van der Waals surface area contributed by atoms with Gasteiger partial charge in [-0.1, -0.05) is 13.8 Å². The highest BCUT2D eigenvalue weighted by Crippen LogP contribution is 2.29. The number of nitrogens with zero attached hydrogens (tertiary/aromatic N) is 1. The molecule has 0 radical (unpaired) electrons. The number of halogens is 2. The van der Waals surface area contributed by atoms with Crippen LogP contribution in [0.15, 0.2) is 18.2 Å². The molecule has 1 aliphatic rings. The van der Waals surface area contributed by atoms with Crippen molar-refractivity contribution in [3.63, 3.8) is 0 Å². The van der Waals surface area contributed by atoms with Gasteiger partial charge in [0.1, 0.15) is 11.6 Å². The van der Waals surface area contributed by atoms with Crippen LogP contribution < -0.4 is 5.73 Å². The van der Waals surface area contributed by atoms with Gasteiger partial charge < -0.3 is 5.73 Å². The van der Waals surface area contributed by atoms with Crippen molar-refractivity contribution in [2.45, 2.75) is 45.2 Å². The van der Waals surface area contributed by atoms with Gasteiger partial charge in [-0.2, -0.15) is 0 Å². The second kappa shape index (κ2) is 6.64. The molecule has 1 saturated carbocycles. The van der Waals surface area contributed by atoms with Crippen LogP contribution in [0, 0.1) is 17.6 Å². The quantitative estimate of drug-likeness (QED) is 0.829. The maximum Gasteiger partial charge on any atom is 0.128 e. The van der Waals surface area contributed by atoms with Gasteiger partial charge >= 0.3 is 0 Å². The Bertz CT molecular complexity index is 444. The minimum absolute atomic E-state index is 0.278. The van der Waals surface area contributed by atoms with Gasteiger partial charge in [-0.15, -0.1) is 0 Å². The first-order valence-electron chi connectivity index (χ1n) is 7.42. The average Bonchev–Trinajstić information content (AvgIpc) is 3.21. The average molecular weight is 282 g/mol. The molecule has 0 aliphatic heterocycles. The van der Waals surface area contributed by atoms with Crippen LogP contribution in [0.5, 0.6) is 0 Å². The molecule has 1 aromatic rings. The van der Waals surface area contributed by atoms with E-state index in [0.717, 1.165) is 25.1 Å². The van der Waals surface area contributed by atoms with Crippen molar-refractivity contribution in [3.8, 4) is 0 Å². The van der Waals surface area contributed by atoms with Gasteiger partial charge in [-0.05, 0) is 49.9 Å². The van der Waals surface area contributed by atoms with Gasteiger partial charge in [-0.3, -0.25) is 4.90 Å². The lowest BCUT2D eigenvalue weighted by atomic mass is 10.1. The maximum absolute atomic E-state index is 13.7. The topological polar surface area (TPSA) is 29.3 Å². The molecule has 1 aliphatic carbocycles. The van der Waals surface area contributed by atoms with E-state index in [1.807, 2.05) is 0 Å². The number of benzene rings is 1. The molecule has 1 atom stereocenters. The molecule has 20 heavy (non-hydrogen) atoms. The summed E-state index contributed by atoms with van der Waals surface area (Å²) in [6.45, 7) is 5.96. The van der Waals surface area contributed by atoms with Crippen LogP contribution in [0.4, 0.5) is 8.78 Å². The van der Waals surface area contributed by atoms with Gasteiger partial charge in [0, 0.05) is 24.2 Å². The summed E-state index contributed by atoms with van der Waals surface area (Å²) in [5, 5.41) is 0. The largest absolute Gasteiger partial charge is 0.323 e. The Labute approximate surface area is 120 Å². The van der Waals surface area contributed by atoms with Crippen molar-refractivity contribution in [3.05, 3.63) is 35.4 Å². The smallest absolute Gasteiger partial charge is 0.128 e. The molecule has 0 bridgehead atoms. The van der Waals surface area contributed by atoms with Crippen molar-refractivity contribution < 1.29 is 8.78 Å². The predicted octanol–water partition coefficient (Wildman–Crippen LogP) is 3.48. The van der Waals surface area contributed by atoms with Crippen molar-refractivity contribution in [2.75, 3.05) is 13.1 Å². The minimum Gasteiger partial charge on any atom is -0.323 e. The van der Waals surface area contributed by atoms with Crippen molar-refractivity contribution in [1.29, 1.82) is 0 Å². The van der Waals surface area contributed by atoms with E-state index >= 15 is 0 Å². The van der Waals surface area contributed by atoms with E-state index in [1.54, 1.807) is 0 Å².